The highest BCUT2D eigenvalue weighted by Gasteiger charge is 2.12. The lowest BCUT2D eigenvalue weighted by molar-refractivity contribution is 0.355. The molecule has 142 valence electrons. The van der Waals surface area contributed by atoms with Crippen LogP contribution in [0.25, 0.3) is 16.8 Å². The molecule has 8 heteroatoms. The fraction of sp³-hybridized carbons (Fsp3) is 0.100. The number of methoxy groups -OCH3 is 2. The van der Waals surface area contributed by atoms with Gasteiger partial charge in [-0.1, -0.05) is 0 Å². The highest BCUT2D eigenvalue weighted by atomic mass is 32.1. The first-order valence-electron chi connectivity index (χ1n) is 8.06. The first-order chi connectivity index (χ1) is 13.5. The van der Waals surface area contributed by atoms with Crippen LogP contribution in [0, 0.1) is 23.0 Å². The molecule has 0 aliphatic carbocycles. The number of nitrogens with zero attached hydrogens (tertiary/aromatic N) is 2. The maximum absolute atomic E-state index is 13.7. The van der Waals surface area contributed by atoms with Crippen LogP contribution in [0.15, 0.2) is 48.0 Å². The largest absolute Gasteiger partial charge is 0.493 e. The third kappa shape index (κ3) is 4.10. The Labute approximate surface area is 164 Å². The Morgan fingerprint density at radius 2 is 1.93 bits per heavy atom. The predicted molar refractivity (Wildman–Crippen MR) is 104 cm³/mol. The molecule has 0 aliphatic rings. The lowest BCUT2D eigenvalue weighted by Gasteiger charge is -2.08. The van der Waals surface area contributed by atoms with Gasteiger partial charge in [0, 0.05) is 23.2 Å². The van der Waals surface area contributed by atoms with Gasteiger partial charge in [0.25, 0.3) is 0 Å². The summed E-state index contributed by atoms with van der Waals surface area (Å²) in [6.07, 6.45) is 1.34. The molecule has 1 aromatic heterocycles. The molecule has 0 unspecified atom stereocenters. The van der Waals surface area contributed by atoms with Gasteiger partial charge in [-0.25, -0.2) is 13.8 Å². The normalized spacial score (nSPS) is 11.0. The third-order valence-electron chi connectivity index (χ3n) is 3.84. The number of allylic oxidation sites excluding steroid dienone is 1. The van der Waals surface area contributed by atoms with Crippen LogP contribution in [-0.4, -0.2) is 19.2 Å². The summed E-state index contributed by atoms with van der Waals surface area (Å²) in [5.74, 6) is -0.255. The Morgan fingerprint density at radius 1 is 1.14 bits per heavy atom. The van der Waals surface area contributed by atoms with Crippen molar-refractivity contribution in [3.05, 3.63) is 64.6 Å². The zero-order chi connectivity index (χ0) is 20.1. The smallest absolute Gasteiger partial charge is 0.161 e. The standard InChI is InChI=1S/C20H15F2N3O2S/c1-26-18-6-3-12(7-19(18)27-2)17-11-28-20(25-17)13(9-23)10-24-16-5-4-14(21)8-15(16)22/h3-8,10-11,24H,1-2H3. The van der Waals surface area contributed by atoms with E-state index in [2.05, 4.69) is 10.3 Å². The Kier molecular flexibility index (Phi) is 5.87. The van der Waals surface area contributed by atoms with E-state index in [9.17, 15) is 14.0 Å². The SMILES string of the molecule is COc1ccc(-c2csc(C(C#N)=CNc3ccc(F)cc3F)n2)cc1OC. The van der Waals surface area contributed by atoms with Crippen molar-refractivity contribution in [3.63, 3.8) is 0 Å². The number of nitrogens with one attached hydrogen (secondary N) is 1. The van der Waals surface area contributed by atoms with Gasteiger partial charge in [-0.15, -0.1) is 11.3 Å². The van der Waals surface area contributed by atoms with Crippen LogP contribution in [0.3, 0.4) is 0 Å². The van der Waals surface area contributed by atoms with E-state index in [1.165, 1.54) is 23.6 Å². The van der Waals surface area contributed by atoms with Gasteiger partial charge < -0.3 is 14.8 Å². The van der Waals surface area contributed by atoms with Gasteiger partial charge in [0.15, 0.2) is 11.5 Å². The van der Waals surface area contributed by atoms with Crippen molar-refractivity contribution in [2.24, 2.45) is 0 Å². The first-order valence-corrected chi connectivity index (χ1v) is 8.94. The number of hydrogen-bond acceptors (Lipinski definition) is 6. The molecule has 1 heterocycles. The summed E-state index contributed by atoms with van der Waals surface area (Å²) in [5.41, 5.74) is 1.75. The van der Waals surface area contributed by atoms with Gasteiger partial charge in [0.05, 0.1) is 25.6 Å². The van der Waals surface area contributed by atoms with Crippen molar-refractivity contribution in [1.29, 1.82) is 5.26 Å². The Bertz CT molecular complexity index is 1070. The van der Waals surface area contributed by atoms with Crippen LogP contribution in [0.4, 0.5) is 14.5 Å². The molecule has 0 aliphatic heterocycles. The summed E-state index contributed by atoms with van der Waals surface area (Å²) >= 11 is 1.27. The molecule has 0 saturated heterocycles. The van der Waals surface area contributed by atoms with Gasteiger partial charge in [0.1, 0.15) is 28.3 Å². The number of halogens is 2. The number of nitriles is 1. The molecular formula is C20H15F2N3O2S. The Hall–Kier alpha value is -3.44. The number of thiazole rings is 1. The average Bonchev–Trinajstić information content (AvgIpc) is 3.19. The summed E-state index contributed by atoms with van der Waals surface area (Å²) in [6.45, 7) is 0. The summed E-state index contributed by atoms with van der Waals surface area (Å²) in [5, 5.41) is 14.4. The molecule has 28 heavy (non-hydrogen) atoms. The van der Waals surface area contributed by atoms with Gasteiger partial charge in [0.2, 0.25) is 0 Å². The second-order valence-corrected chi connectivity index (χ2v) is 6.40. The number of rotatable bonds is 6. The van der Waals surface area contributed by atoms with E-state index >= 15 is 0 Å². The van der Waals surface area contributed by atoms with E-state index in [0.717, 1.165) is 17.7 Å². The Morgan fingerprint density at radius 3 is 2.61 bits per heavy atom. The highest BCUT2D eigenvalue weighted by Crippen LogP contribution is 2.33. The van der Waals surface area contributed by atoms with Crippen LogP contribution in [0.1, 0.15) is 5.01 Å². The molecule has 0 saturated carbocycles. The predicted octanol–water partition coefficient (Wildman–Crippen LogP) is 5.08. The molecule has 3 aromatic rings. The molecule has 0 atom stereocenters. The lowest BCUT2D eigenvalue weighted by Crippen LogP contribution is -1.95. The van der Waals surface area contributed by atoms with Gasteiger partial charge in [-0.05, 0) is 30.3 Å². The molecule has 0 spiro atoms. The minimum Gasteiger partial charge on any atom is -0.493 e. The van der Waals surface area contributed by atoms with Gasteiger partial charge >= 0.3 is 0 Å². The maximum Gasteiger partial charge on any atom is 0.161 e. The van der Waals surface area contributed by atoms with Crippen LogP contribution in [0.5, 0.6) is 11.5 Å². The summed E-state index contributed by atoms with van der Waals surface area (Å²) in [7, 11) is 3.10. The summed E-state index contributed by atoms with van der Waals surface area (Å²) < 4.78 is 37.2. The van der Waals surface area contributed by atoms with Crippen LogP contribution in [0.2, 0.25) is 0 Å². The quantitative estimate of drug-likeness (QED) is 0.586. The van der Waals surface area contributed by atoms with Crippen molar-refractivity contribution in [2.75, 3.05) is 19.5 Å². The Balaban J connectivity index is 1.86. The number of anilines is 1. The molecule has 3 rings (SSSR count). The van der Waals surface area contributed by atoms with Crippen molar-refractivity contribution in [2.45, 2.75) is 0 Å². The van der Waals surface area contributed by atoms with E-state index in [0.29, 0.717) is 22.2 Å². The minimum absolute atomic E-state index is 0.0609. The van der Waals surface area contributed by atoms with E-state index in [1.54, 1.807) is 31.7 Å². The van der Waals surface area contributed by atoms with E-state index < -0.39 is 11.6 Å². The number of hydrogen-bond donors (Lipinski definition) is 1. The molecule has 2 aromatic carbocycles. The molecular weight excluding hydrogens is 384 g/mol. The van der Waals surface area contributed by atoms with Crippen LogP contribution >= 0.6 is 11.3 Å². The maximum atomic E-state index is 13.7. The fourth-order valence-electron chi connectivity index (χ4n) is 2.42. The van der Waals surface area contributed by atoms with E-state index in [-0.39, 0.29) is 11.3 Å². The van der Waals surface area contributed by atoms with E-state index in [4.69, 9.17) is 9.47 Å². The lowest BCUT2D eigenvalue weighted by atomic mass is 10.1. The zero-order valence-electron chi connectivity index (χ0n) is 15.0. The first kappa shape index (κ1) is 19.3. The second-order valence-electron chi connectivity index (χ2n) is 5.55. The summed E-state index contributed by atoms with van der Waals surface area (Å²) in [4.78, 5) is 4.47. The molecule has 5 nitrogen and oxygen atoms in total. The molecule has 1 N–H and O–H groups in total. The number of ether oxygens (including phenoxy) is 2. The fourth-order valence-corrected chi connectivity index (χ4v) is 3.22. The van der Waals surface area contributed by atoms with E-state index in [1.807, 2.05) is 12.1 Å². The third-order valence-corrected chi connectivity index (χ3v) is 4.71. The minimum atomic E-state index is -0.751. The van der Waals surface area contributed by atoms with Crippen molar-refractivity contribution >= 4 is 22.6 Å². The second kappa shape index (κ2) is 8.50. The number of aromatic nitrogens is 1. The molecule has 0 amide bonds. The number of benzene rings is 2. The van der Waals surface area contributed by atoms with Crippen molar-refractivity contribution in [1.82, 2.24) is 4.98 Å². The van der Waals surface area contributed by atoms with Crippen LogP contribution in [-0.2, 0) is 0 Å². The molecule has 0 radical (unpaired) electrons. The topological polar surface area (TPSA) is 67.2 Å². The zero-order valence-corrected chi connectivity index (χ0v) is 15.8. The van der Waals surface area contributed by atoms with Gasteiger partial charge in [-0.3, -0.25) is 0 Å². The molecule has 0 fully saturated rings. The average molecular weight is 399 g/mol. The van der Waals surface area contributed by atoms with Gasteiger partial charge in [-0.2, -0.15) is 5.26 Å². The monoisotopic (exact) mass is 399 g/mol. The van der Waals surface area contributed by atoms with Crippen molar-refractivity contribution in [3.8, 4) is 28.8 Å². The highest BCUT2D eigenvalue weighted by molar-refractivity contribution is 7.11. The van der Waals surface area contributed by atoms with Crippen molar-refractivity contribution < 1.29 is 18.3 Å². The molecule has 0 bridgehead atoms. The van der Waals surface area contributed by atoms with Crippen LogP contribution < -0.4 is 14.8 Å². The summed E-state index contributed by atoms with van der Waals surface area (Å²) in [6, 6.07) is 10.6.